The Bertz CT molecular complexity index is 1090. The van der Waals surface area contributed by atoms with Crippen molar-refractivity contribution >= 4 is 27.6 Å². The highest BCUT2D eigenvalue weighted by atomic mass is 32.2. The van der Waals surface area contributed by atoms with E-state index in [4.69, 9.17) is 9.47 Å². The molecule has 9 heteroatoms. The average molecular weight is 489 g/mol. The van der Waals surface area contributed by atoms with Crippen LogP contribution >= 0.6 is 0 Å². The molecule has 2 unspecified atom stereocenters. The second-order valence-electron chi connectivity index (χ2n) is 8.57. The number of nitrogens with zero attached hydrogens (tertiary/aromatic N) is 1. The van der Waals surface area contributed by atoms with Crippen molar-refractivity contribution in [2.45, 2.75) is 57.1 Å². The number of esters is 1. The van der Waals surface area contributed by atoms with Crippen LogP contribution in [-0.2, 0) is 30.7 Å². The summed E-state index contributed by atoms with van der Waals surface area (Å²) in [5.74, 6) is -1.08. The van der Waals surface area contributed by atoms with Crippen LogP contribution in [0.4, 0.5) is 5.69 Å². The van der Waals surface area contributed by atoms with Crippen molar-refractivity contribution in [3.05, 3.63) is 59.7 Å². The number of aryl methyl sites for hydroxylation is 1. The summed E-state index contributed by atoms with van der Waals surface area (Å²) >= 11 is 0. The Balaban J connectivity index is 1.61. The van der Waals surface area contributed by atoms with Crippen LogP contribution in [0.25, 0.3) is 0 Å². The van der Waals surface area contributed by atoms with Crippen LogP contribution in [0.5, 0.6) is 0 Å². The highest BCUT2D eigenvalue weighted by Gasteiger charge is 2.26. The molecule has 0 spiro atoms. The summed E-state index contributed by atoms with van der Waals surface area (Å²) in [6.45, 7) is 6.32. The molecule has 1 saturated heterocycles. The summed E-state index contributed by atoms with van der Waals surface area (Å²) in [4.78, 5) is 26.4. The molecule has 3 rings (SSSR count). The molecule has 8 nitrogen and oxygen atoms in total. The van der Waals surface area contributed by atoms with Crippen LogP contribution < -0.4 is 4.72 Å². The maximum absolute atomic E-state index is 12.8. The highest BCUT2D eigenvalue weighted by Crippen LogP contribution is 2.19. The van der Waals surface area contributed by atoms with Crippen LogP contribution in [0.3, 0.4) is 0 Å². The first-order chi connectivity index (χ1) is 16.2. The van der Waals surface area contributed by atoms with Crippen LogP contribution in [0.15, 0.2) is 53.4 Å². The number of benzene rings is 2. The Kier molecular flexibility index (Phi) is 8.68. The van der Waals surface area contributed by atoms with Gasteiger partial charge in [-0.3, -0.25) is 9.52 Å². The second kappa shape index (κ2) is 11.5. The molecule has 0 aromatic heterocycles. The van der Waals surface area contributed by atoms with Gasteiger partial charge in [-0.2, -0.15) is 0 Å². The first-order valence-corrected chi connectivity index (χ1v) is 13.0. The number of hydrogen-bond donors (Lipinski definition) is 1. The zero-order valence-electron chi connectivity index (χ0n) is 19.8. The van der Waals surface area contributed by atoms with E-state index in [1.165, 1.54) is 24.3 Å². The summed E-state index contributed by atoms with van der Waals surface area (Å²) in [7, 11) is -3.91. The molecular weight excluding hydrogens is 456 g/mol. The van der Waals surface area contributed by atoms with Crippen molar-refractivity contribution in [1.82, 2.24) is 4.90 Å². The van der Waals surface area contributed by atoms with Crippen LogP contribution in [0, 0.1) is 0 Å². The number of hydrogen-bond acceptors (Lipinski definition) is 6. The fourth-order valence-electron chi connectivity index (χ4n) is 3.81. The molecule has 0 aliphatic carbocycles. The van der Waals surface area contributed by atoms with Gasteiger partial charge in [0, 0.05) is 18.8 Å². The maximum atomic E-state index is 12.8. The Morgan fingerprint density at radius 1 is 1.09 bits per heavy atom. The van der Waals surface area contributed by atoms with E-state index < -0.39 is 22.6 Å². The van der Waals surface area contributed by atoms with E-state index in [0.29, 0.717) is 18.8 Å². The maximum Gasteiger partial charge on any atom is 0.338 e. The number of rotatable bonds is 9. The molecule has 2 aromatic rings. The Morgan fingerprint density at radius 3 is 2.41 bits per heavy atom. The van der Waals surface area contributed by atoms with Gasteiger partial charge in [0.1, 0.15) is 0 Å². The number of unbranched alkanes of at least 4 members (excludes halogenated alkanes) is 1. The number of morpholine rings is 1. The molecule has 2 atom stereocenters. The molecule has 1 aliphatic rings. The zero-order valence-corrected chi connectivity index (χ0v) is 20.6. The van der Waals surface area contributed by atoms with Gasteiger partial charge in [-0.25, -0.2) is 13.2 Å². The van der Waals surface area contributed by atoms with Crippen molar-refractivity contribution in [2.24, 2.45) is 0 Å². The van der Waals surface area contributed by atoms with Gasteiger partial charge in [0.05, 0.1) is 22.7 Å². The lowest BCUT2D eigenvalue weighted by molar-refractivity contribution is -0.146. The lowest BCUT2D eigenvalue weighted by Gasteiger charge is -2.35. The highest BCUT2D eigenvalue weighted by molar-refractivity contribution is 7.92. The standard InChI is InChI=1S/C25H32N2O6S/c1-4-5-7-20-10-12-22(13-11-20)26-34(30,31)23-9-6-8-21(14-23)25(29)32-17-24(28)27-15-18(2)33-19(3)16-27/h6,8-14,18-19,26H,4-5,7,15-17H2,1-3H3. The van der Waals surface area contributed by atoms with E-state index in [-0.39, 0.29) is 28.6 Å². The molecule has 184 valence electrons. The van der Waals surface area contributed by atoms with Crippen LogP contribution in [-0.4, -0.2) is 57.1 Å². The Labute approximate surface area is 201 Å². The molecule has 0 bridgehead atoms. The van der Waals surface area contributed by atoms with Crippen LogP contribution in [0.2, 0.25) is 0 Å². The van der Waals surface area contributed by atoms with Crippen molar-refractivity contribution in [3.63, 3.8) is 0 Å². The normalized spacial score (nSPS) is 18.4. The Hall–Kier alpha value is -2.91. The third-order valence-corrected chi connectivity index (χ3v) is 6.88. The fourth-order valence-corrected chi connectivity index (χ4v) is 4.91. The monoisotopic (exact) mass is 488 g/mol. The number of sulfonamides is 1. The van der Waals surface area contributed by atoms with E-state index >= 15 is 0 Å². The van der Waals surface area contributed by atoms with Crippen LogP contribution in [0.1, 0.15) is 49.5 Å². The van der Waals surface area contributed by atoms with Gasteiger partial charge in [0.15, 0.2) is 6.61 Å². The lowest BCUT2D eigenvalue weighted by atomic mass is 10.1. The molecule has 0 radical (unpaired) electrons. The molecule has 1 amide bonds. The minimum atomic E-state index is -3.91. The van der Waals surface area contributed by atoms with E-state index in [2.05, 4.69) is 11.6 Å². The van der Waals surface area contributed by atoms with E-state index in [9.17, 15) is 18.0 Å². The molecule has 1 fully saturated rings. The first-order valence-electron chi connectivity index (χ1n) is 11.5. The van der Waals surface area contributed by atoms with Gasteiger partial charge in [-0.15, -0.1) is 0 Å². The molecular formula is C25H32N2O6S. The Morgan fingerprint density at radius 2 is 1.76 bits per heavy atom. The third kappa shape index (κ3) is 7.04. The molecule has 1 N–H and O–H groups in total. The quantitative estimate of drug-likeness (QED) is 0.541. The van der Waals surface area contributed by atoms with Crippen molar-refractivity contribution < 1.29 is 27.5 Å². The summed E-state index contributed by atoms with van der Waals surface area (Å²) in [5, 5.41) is 0. The predicted molar refractivity (Wildman–Crippen MR) is 129 cm³/mol. The number of ether oxygens (including phenoxy) is 2. The summed E-state index contributed by atoms with van der Waals surface area (Å²) < 4.78 is 39.0. The van der Waals surface area contributed by atoms with Gasteiger partial charge in [-0.05, 0) is 62.6 Å². The smallest absolute Gasteiger partial charge is 0.338 e. The van der Waals surface area contributed by atoms with Gasteiger partial charge in [0.2, 0.25) is 0 Å². The van der Waals surface area contributed by atoms with Gasteiger partial charge in [0.25, 0.3) is 15.9 Å². The molecule has 34 heavy (non-hydrogen) atoms. The van der Waals surface area contributed by atoms with Gasteiger partial charge in [-0.1, -0.05) is 31.5 Å². The summed E-state index contributed by atoms with van der Waals surface area (Å²) in [5.41, 5.74) is 1.63. The average Bonchev–Trinajstić information content (AvgIpc) is 2.81. The number of anilines is 1. The summed E-state index contributed by atoms with van der Waals surface area (Å²) in [6.07, 6.45) is 2.92. The summed E-state index contributed by atoms with van der Waals surface area (Å²) in [6, 6.07) is 12.8. The number of amides is 1. The van der Waals surface area contributed by atoms with Gasteiger partial charge < -0.3 is 14.4 Å². The first kappa shape index (κ1) is 25.7. The molecule has 1 aliphatic heterocycles. The topological polar surface area (TPSA) is 102 Å². The lowest BCUT2D eigenvalue weighted by Crippen LogP contribution is -2.49. The fraction of sp³-hybridized carbons (Fsp3) is 0.440. The second-order valence-corrected chi connectivity index (χ2v) is 10.2. The van der Waals surface area contributed by atoms with Crippen molar-refractivity contribution in [2.75, 3.05) is 24.4 Å². The molecule has 2 aromatic carbocycles. The van der Waals surface area contributed by atoms with Crippen molar-refractivity contribution in [3.8, 4) is 0 Å². The minimum absolute atomic E-state index is 0.0503. The van der Waals surface area contributed by atoms with Gasteiger partial charge >= 0.3 is 5.97 Å². The van der Waals surface area contributed by atoms with Crippen molar-refractivity contribution in [1.29, 1.82) is 0 Å². The van der Waals surface area contributed by atoms with E-state index in [0.717, 1.165) is 24.8 Å². The third-order valence-electron chi connectivity index (χ3n) is 5.50. The molecule has 1 heterocycles. The largest absolute Gasteiger partial charge is 0.452 e. The minimum Gasteiger partial charge on any atom is -0.452 e. The zero-order chi connectivity index (χ0) is 24.7. The number of carbonyl (C=O) groups excluding carboxylic acids is 2. The van der Waals surface area contributed by atoms with E-state index in [1.54, 1.807) is 17.0 Å². The predicted octanol–water partition coefficient (Wildman–Crippen LogP) is 3.62. The van der Waals surface area contributed by atoms with E-state index in [1.807, 2.05) is 26.0 Å². The molecule has 0 saturated carbocycles. The number of nitrogens with one attached hydrogen (secondary N) is 1. The SMILES string of the molecule is CCCCc1ccc(NS(=O)(=O)c2cccc(C(=O)OCC(=O)N3CC(C)OC(C)C3)c2)cc1. The number of carbonyl (C=O) groups is 2.